The topological polar surface area (TPSA) is 176 Å². The number of azo groups is 2. The van der Waals surface area contributed by atoms with Crippen molar-refractivity contribution < 1.29 is 39.2 Å². The third-order valence-corrected chi connectivity index (χ3v) is 7.11. The zero-order valence-corrected chi connectivity index (χ0v) is 23.9. The van der Waals surface area contributed by atoms with E-state index < -0.39 is 0 Å². The van der Waals surface area contributed by atoms with Crippen LogP contribution in [-0.4, -0.2) is 21.5 Å². The lowest BCUT2D eigenvalue weighted by molar-refractivity contribution is -0.432. The Labute approximate surface area is 257 Å². The highest BCUT2D eigenvalue weighted by Crippen LogP contribution is 2.44. The lowest BCUT2D eigenvalue weighted by Crippen LogP contribution is -2.11. The van der Waals surface area contributed by atoms with Crippen molar-refractivity contribution in [1.29, 1.82) is 0 Å². The molecule has 5 aromatic rings. The normalized spacial score (nSPS) is 11.5. The number of phenolic OH excluding ortho intramolecular Hbond substituents is 1. The molecule has 0 bridgehead atoms. The van der Waals surface area contributed by atoms with Gasteiger partial charge in [0, 0.05) is 21.5 Å². The van der Waals surface area contributed by atoms with Crippen LogP contribution in [0.2, 0.25) is 0 Å². The van der Waals surface area contributed by atoms with Crippen molar-refractivity contribution in [3.8, 4) is 5.75 Å². The number of aromatic hydroxyl groups is 1. The van der Waals surface area contributed by atoms with E-state index in [1.54, 1.807) is 97.1 Å². The van der Waals surface area contributed by atoms with Crippen LogP contribution in [0.3, 0.4) is 0 Å². The van der Waals surface area contributed by atoms with Crippen LogP contribution in [-0.2, 0) is 18.7 Å². The summed E-state index contributed by atoms with van der Waals surface area (Å²) in [5.74, 6) is -0.477. The first-order valence-electron chi connectivity index (χ1n) is 12.5. The van der Waals surface area contributed by atoms with Gasteiger partial charge in [-0.05, 0) is 90.3 Å². The molecule has 0 fully saturated rings. The summed E-state index contributed by atoms with van der Waals surface area (Å²) in [5, 5.41) is 56.0. The summed E-state index contributed by atoms with van der Waals surface area (Å²) >= 11 is 1.45. The van der Waals surface area contributed by atoms with E-state index in [-0.39, 0.29) is 22.2 Å². The molecule has 0 radical (unpaired) electrons. The molecule has 0 spiro atoms. The van der Waals surface area contributed by atoms with E-state index in [0.29, 0.717) is 56.0 Å². The molecule has 0 atom stereocenters. The first-order chi connectivity index (χ1) is 21.5. The summed E-state index contributed by atoms with van der Waals surface area (Å²) in [6.45, 7) is 0. The molecule has 0 aliphatic heterocycles. The summed E-state index contributed by atoms with van der Waals surface area (Å²) in [7, 11) is 0. The Morgan fingerprint density at radius 2 is 1.27 bits per heavy atom. The van der Waals surface area contributed by atoms with Gasteiger partial charge in [0.2, 0.25) is 0 Å². The molecule has 4 N–H and O–H groups in total. The minimum atomic E-state index is -0.284. The molecule has 5 aromatic carbocycles. The van der Waals surface area contributed by atoms with Gasteiger partial charge in [-0.15, -0.1) is 13.8 Å². The highest BCUT2D eigenvalue weighted by Gasteiger charge is 2.16. The fourth-order valence-corrected chi connectivity index (χ4v) is 4.72. The first-order valence-corrected chi connectivity index (χ1v) is 14.0. The Kier molecular flexibility index (Phi) is 10.6. The number of hydrogen-bond donors (Lipinski definition) is 4. The van der Waals surface area contributed by atoms with Crippen LogP contribution in [0, 0.1) is 0 Å². The average molecular weight is 632 g/mol. The van der Waals surface area contributed by atoms with E-state index in [1.807, 2.05) is 6.07 Å². The van der Waals surface area contributed by atoms with Gasteiger partial charge in [0.05, 0.1) is 46.0 Å². The van der Waals surface area contributed by atoms with E-state index in [2.05, 4.69) is 44.5 Å². The lowest BCUT2D eigenvalue weighted by atomic mass is 10.1. The van der Waals surface area contributed by atoms with Crippen LogP contribution in [0.15, 0.2) is 133 Å². The third-order valence-electron chi connectivity index (χ3n) is 5.89. The van der Waals surface area contributed by atoms with E-state index in [0.717, 1.165) is 12.0 Å². The minimum Gasteiger partial charge on any atom is -0.505 e. The van der Waals surface area contributed by atoms with Crippen molar-refractivity contribution in [3.63, 3.8) is 0 Å². The molecule has 15 heteroatoms. The fraction of sp³-hybridized carbons (Fsp3) is 0. The predicted octanol–water partition coefficient (Wildman–Crippen LogP) is 9.49. The van der Waals surface area contributed by atoms with Crippen LogP contribution in [0.4, 0.5) is 28.4 Å². The van der Waals surface area contributed by atoms with E-state index in [1.165, 1.54) is 0 Å². The van der Waals surface area contributed by atoms with Crippen molar-refractivity contribution in [3.05, 3.63) is 109 Å². The maximum absolute atomic E-state index is 12.6. The molecule has 0 unspecified atom stereocenters. The molecule has 5 rings (SSSR count). The molecular formula is C29H21N5O8S2. The number of anilines is 1. The molecule has 13 nitrogen and oxygen atoms in total. The number of fused-ring (bicyclic) bond motifs is 1. The number of carbonyl (C=O) groups excluding carboxylic acids is 1. The number of phenols is 1. The van der Waals surface area contributed by atoms with Gasteiger partial charge < -0.3 is 10.4 Å². The van der Waals surface area contributed by atoms with Crippen molar-refractivity contribution >= 4 is 69.2 Å². The molecule has 0 aromatic heterocycles. The highest BCUT2D eigenvalue weighted by atomic mass is 32.2. The molecule has 0 aliphatic carbocycles. The van der Waals surface area contributed by atoms with E-state index in [4.69, 9.17) is 10.5 Å². The van der Waals surface area contributed by atoms with Gasteiger partial charge in [0.25, 0.3) is 5.91 Å². The second-order valence-electron chi connectivity index (χ2n) is 8.69. The number of amides is 1. The third kappa shape index (κ3) is 8.01. The lowest BCUT2D eigenvalue weighted by Gasteiger charge is -2.11. The number of nitrogens with zero attached hydrogens (tertiary/aromatic N) is 4. The van der Waals surface area contributed by atoms with Gasteiger partial charge >= 0.3 is 0 Å². The number of hydrogen-bond acceptors (Lipinski definition) is 14. The summed E-state index contributed by atoms with van der Waals surface area (Å²) in [6, 6.07) is 29.0. The number of benzene rings is 5. The first kappa shape index (κ1) is 30.7. The maximum atomic E-state index is 12.6. The molecule has 44 heavy (non-hydrogen) atoms. The van der Waals surface area contributed by atoms with Crippen molar-refractivity contribution in [2.75, 3.05) is 5.32 Å². The molecule has 0 saturated heterocycles. The van der Waals surface area contributed by atoms with E-state index >= 15 is 0 Å². The smallest absolute Gasteiger partial charge is 0.255 e. The average Bonchev–Trinajstić information content (AvgIpc) is 3.06. The molecular weight excluding hydrogens is 610 g/mol. The van der Waals surface area contributed by atoms with Gasteiger partial charge in [-0.3, -0.25) is 4.79 Å². The molecule has 0 aliphatic rings. The number of rotatable bonds is 12. The summed E-state index contributed by atoms with van der Waals surface area (Å²) in [6.07, 6.45) is 0. The van der Waals surface area contributed by atoms with Crippen molar-refractivity contribution in [1.82, 2.24) is 0 Å². The van der Waals surface area contributed by atoms with Gasteiger partial charge in [0.15, 0.2) is 5.75 Å². The summed E-state index contributed by atoms with van der Waals surface area (Å²) < 4.78 is 8.99. The Morgan fingerprint density at radius 3 is 1.91 bits per heavy atom. The predicted molar refractivity (Wildman–Crippen MR) is 163 cm³/mol. The van der Waals surface area contributed by atoms with Gasteiger partial charge in [-0.25, -0.2) is 10.5 Å². The second-order valence-corrected chi connectivity index (χ2v) is 10.2. The van der Waals surface area contributed by atoms with Gasteiger partial charge in [-0.2, -0.15) is 15.3 Å². The van der Waals surface area contributed by atoms with Gasteiger partial charge in [-0.1, -0.05) is 28.3 Å². The number of carbonyl (C=O) groups is 1. The van der Waals surface area contributed by atoms with Crippen LogP contribution >= 0.6 is 24.1 Å². The van der Waals surface area contributed by atoms with Crippen LogP contribution in [0.5, 0.6) is 5.75 Å². The molecule has 222 valence electrons. The number of nitrogens with one attached hydrogen (secondary N) is 1. The Morgan fingerprint density at radius 1 is 0.682 bits per heavy atom. The standard InChI is InChI=1S/C29H21N5O8S2/c35-28-25-15-12-23(30-29(36)18-4-2-1-3-5-18)16-19(25)17-26(44-42-40-38)27(28)34-33-21-8-6-20(7-9-21)31-32-22-10-13-24(14-11-22)43-41-39-37/h1-17,35,37-38H,(H,30,36). The quantitative estimate of drug-likeness (QED) is 0.0449. The molecule has 0 saturated carbocycles. The van der Waals surface area contributed by atoms with Crippen LogP contribution in [0.25, 0.3) is 10.8 Å². The van der Waals surface area contributed by atoms with Crippen LogP contribution in [0.1, 0.15) is 10.4 Å². The van der Waals surface area contributed by atoms with Gasteiger partial charge in [0.1, 0.15) is 5.69 Å². The Balaban J connectivity index is 1.33. The molecule has 0 heterocycles. The van der Waals surface area contributed by atoms with E-state index in [9.17, 15) is 9.90 Å². The second kappa shape index (κ2) is 15.1. The summed E-state index contributed by atoms with van der Waals surface area (Å²) in [5.41, 5.74) is 2.70. The Hall–Kier alpha value is -4.71. The zero-order valence-electron chi connectivity index (χ0n) is 22.3. The monoisotopic (exact) mass is 631 g/mol. The van der Waals surface area contributed by atoms with Crippen molar-refractivity contribution in [2.24, 2.45) is 20.5 Å². The SMILES string of the molecule is O=C(Nc1ccc2c(O)c(N=Nc3ccc(N=Nc4ccc(SOOO)cc4)cc3)c(SOOO)cc2c1)c1ccccc1. The zero-order chi connectivity index (χ0) is 30.7. The fourth-order valence-electron chi connectivity index (χ4n) is 3.87. The Bertz CT molecular complexity index is 1790. The highest BCUT2D eigenvalue weighted by molar-refractivity contribution is 7.94. The maximum Gasteiger partial charge on any atom is 0.255 e. The molecule has 1 amide bonds. The van der Waals surface area contributed by atoms with Crippen molar-refractivity contribution in [2.45, 2.75) is 9.79 Å². The van der Waals surface area contributed by atoms with Crippen LogP contribution < -0.4 is 5.32 Å². The summed E-state index contributed by atoms with van der Waals surface area (Å²) in [4.78, 5) is 13.6. The minimum absolute atomic E-state index is 0.0712. The largest absolute Gasteiger partial charge is 0.505 e.